The Morgan fingerprint density at radius 1 is 0.368 bits per heavy atom. The molecule has 5 nitrogen and oxygen atoms in total. The first kappa shape index (κ1) is 55.6. The number of hydrogen-bond acceptors (Lipinski definition) is 5. The average Bonchev–Trinajstić information content (AvgIpc) is 3.35. The highest BCUT2D eigenvalue weighted by Gasteiger charge is 2.73. The first-order valence-corrected chi connectivity index (χ1v) is 20.9. The van der Waals surface area contributed by atoms with E-state index in [1.165, 1.54) is 0 Å². The van der Waals surface area contributed by atoms with Crippen LogP contribution in [0.15, 0.2) is 115 Å². The van der Waals surface area contributed by atoms with Gasteiger partial charge in [-0.05, 0) is 89.8 Å². The zero-order chi connectivity index (χ0) is 56.2. The molecule has 0 spiro atoms. The van der Waals surface area contributed by atoms with Gasteiger partial charge >= 0.3 is 24.7 Å². The Balaban J connectivity index is 1.17. The van der Waals surface area contributed by atoms with Crippen LogP contribution in [0.25, 0.3) is 11.1 Å². The summed E-state index contributed by atoms with van der Waals surface area (Å²) < 4.78 is 317. The van der Waals surface area contributed by atoms with Gasteiger partial charge in [0.15, 0.2) is 34.9 Å². The van der Waals surface area contributed by atoms with Crippen LogP contribution in [0, 0.1) is 64.8 Å². The summed E-state index contributed by atoms with van der Waals surface area (Å²) in [4.78, 5) is 0. The maximum Gasteiger partial charge on any atom is 0.411 e. The van der Waals surface area contributed by atoms with Crippen molar-refractivity contribution in [1.29, 1.82) is 5.26 Å². The fourth-order valence-corrected chi connectivity index (χ4v) is 8.17. The van der Waals surface area contributed by atoms with Gasteiger partial charge in [0.2, 0.25) is 28.2 Å². The second-order valence-corrected chi connectivity index (χ2v) is 16.1. The van der Waals surface area contributed by atoms with Gasteiger partial charge in [-0.15, -0.1) is 0 Å². The van der Waals surface area contributed by atoms with Crippen molar-refractivity contribution in [1.82, 2.24) is 0 Å². The third-order valence-corrected chi connectivity index (χ3v) is 11.8. The van der Waals surface area contributed by atoms with E-state index < -0.39 is 161 Å². The molecule has 0 radical (unpaired) electrons. The van der Waals surface area contributed by atoms with Crippen LogP contribution in [0.2, 0.25) is 0 Å². The summed E-state index contributed by atoms with van der Waals surface area (Å²) >= 11 is 0. The van der Waals surface area contributed by atoms with Crippen molar-refractivity contribution < 1.29 is 107 Å². The molecular weight excluding hydrogens is 1070 g/mol. The lowest BCUT2D eigenvalue weighted by molar-refractivity contribution is -0.290. The number of halogens is 20. The molecule has 7 aromatic rings. The standard InChI is InChI=1S/C51H25F20NO4/c1-23-37(52)39(54)35(40(55)38(23)53)36-41(56)43(58)45(44(59)42(36)57)76-31-20-12-27(13-21-31)47(50(66,67)68,51(69,70)71)26-10-18-30(19-11-26)75-34-5-3-4-33(32(34)22-72)74-29-16-8-25(9-17-29)46(48(60,61)62,49(63,64)65)24-6-14-28(73-2)15-7-24/h3-21H,1-2H3. The highest BCUT2D eigenvalue weighted by Crippen LogP contribution is 2.58. The molecule has 0 fully saturated rings. The molecule has 398 valence electrons. The molecule has 0 N–H and O–H groups in total. The van der Waals surface area contributed by atoms with Crippen LogP contribution < -0.4 is 18.9 Å². The molecule has 0 bridgehead atoms. The Labute approximate surface area is 413 Å². The topological polar surface area (TPSA) is 60.7 Å². The van der Waals surface area contributed by atoms with Crippen molar-refractivity contribution in [2.45, 2.75) is 42.5 Å². The Hall–Kier alpha value is -8.17. The van der Waals surface area contributed by atoms with Gasteiger partial charge in [0.25, 0.3) is 0 Å². The Bertz CT molecular complexity index is 3280. The molecule has 0 heterocycles. The van der Waals surface area contributed by atoms with Crippen LogP contribution in [0.4, 0.5) is 87.8 Å². The van der Waals surface area contributed by atoms with Gasteiger partial charge < -0.3 is 18.9 Å². The maximum absolute atomic E-state index is 15.2. The molecule has 0 aromatic heterocycles. The van der Waals surface area contributed by atoms with Crippen molar-refractivity contribution >= 4 is 0 Å². The van der Waals surface area contributed by atoms with Crippen molar-refractivity contribution in [2.24, 2.45) is 0 Å². The maximum atomic E-state index is 15.2. The van der Waals surface area contributed by atoms with Gasteiger partial charge in [-0.3, -0.25) is 0 Å². The minimum Gasteiger partial charge on any atom is -0.497 e. The van der Waals surface area contributed by atoms with Crippen LogP contribution in [0.1, 0.15) is 33.4 Å². The number of methoxy groups -OCH3 is 1. The molecule has 7 aromatic carbocycles. The molecule has 0 unspecified atom stereocenters. The summed E-state index contributed by atoms with van der Waals surface area (Å²) in [5.41, 5.74) is -21.6. The number of alkyl halides is 12. The molecule has 25 heteroatoms. The van der Waals surface area contributed by atoms with Crippen molar-refractivity contribution in [2.75, 3.05) is 7.11 Å². The molecule has 0 amide bonds. The summed E-state index contributed by atoms with van der Waals surface area (Å²) in [5, 5.41) is 10.0. The predicted octanol–water partition coefficient (Wildman–Crippen LogP) is 16.9. The largest absolute Gasteiger partial charge is 0.497 e. The summed E-state index contributed by atoms with van der Waals surface area (Å²) in [6.07, 6.45) is -24.5. The monoisotopic (exact) mass is 1100 g/mol. The van der Waals surface area contributed by atoms with Gasteiger partial charge in [-0.2, -0.15) is 66.7 Å². The number of ether oxygens (including phenoxy) is 4. The molecule has 7 rings (SSSR count). The zero-order valence-electron chi connectivity index (χ0n) is 37.6. The van der Waals surface area contributed by atoms with E-state index in [0.717, 1.165) is 49.6 Å². The van der Waals surface area contributed by atoms with E-state index >= 15 is 43.9 Å². The number of nitrogens with zero attached hydrogens (tertiary/aromatic N) is 1. The highest BCUT2D eigenvalue weighted by molar-refractivity contribution is 5.69. The number of rotatable bonds is 12. The lowest BCUT2D eigenvalue weighted by atomic mass is 9.73. The number of nitriles is 1. The van der Waals surface area contributed by atoms with Gasteiger partial charge in [0.1, 0.15) is 46.1 Å². The molecule has 0 aliphatic heterocycles. The number of hydrogen-bond donors (Lipinski definition) is 0. The quantitative estimate of drug-likeness (QED) is 0.0901. The fourth-order valence-electron chi connectivity index (χ4n) is 8.17. The Kier molecular flexibility index (Phi) is 14.5. The van der Waals surface area contributed by atoms with Gasteiger partial charge in [-0.1, -0.05) is 54.6 Å². The summed E-state index contributed by atoms with van der Waals surface area (Å²) in [6, 6.07) is 12.8. The van der Waals surface area contributed by atoms with E-state index in [4.69, 9.17) is 18.9 Å². The lowest BCUT2D eigenvalue weighted by Crippen LogP contribution is -2.54. The van der Waals surface area contributed by atoms with Crippen LogP contribution >= 0.6 is 0 Å². The molecule has 0 saturated carbocycles. The summed E-state index contributed by atoms with van der Waals surface area (Å²) in [6.45, 7) is 0.514. The van der Waals surface area contributed by atoms with Gasteiger partial charge in [-0.25, -0.2) is 26.3 Å². The van der Waals surface area contributed by atoms with E-state index in [9.17, 15) is 49.2 Å². The second kappa shape index (κ2) is 19.8. The molecule has 0 saturated heterocycles. The lowest BCUT2D eigenvalue weighted by Gasteiger charge is -2.38. The fraction of sp³-hybridized carbons (Fsp3) is 0.157. The molecule has 76 heavy (non-hydrogen) atoms. The van der Waals surface area contributed by atoms with Crippen molar-refractivity contribution in [3.05, 3.63) is 195 Å². The SMILES string of the molecule is COc1ccc(C(c2ccc(Oc3cccc(Oc4ccc(C(c5ccc(Oc6c(F)c(F)c(-c7c(F)c(F)c(C)c(F)c7F)c(F)c6F)cc5)(C(F)(F)F)C(F)(F)F)cc4)c3C#N)cc2)(C(F)(F)F)C(F)(F)F)cc1. The zero-order valence-corrected chi connectivity index (χ0v) is 37.6. The predicted molar refractivity (Wildman–Crippen MR) is 226 cm³/mol. The average molecular weight is 1100 g/mol. The third-order valence-electron chi connectivity index (χ3n) is 11.8. The van der Waals surface area contributed by atoms with E-state index in [-0.39, 0.29) is 30.0 Å². The molecular formula is C51H25F20NO4. The Morgan fingerprint density at radius 2 is 0.645 bits per heavy atom. The van der Waals surface area contributed by atoms with Gasteiger partial charge in [0.05, 0.1) is 18.2 Å². The van der Waals surface area contributed by atoms with E-state index in [1.807, 2.05) is 0 Å². The smallest absolute Gasteiger partial charge is 0.411 e. The molecule has 0 aliphatic rings. The van der Waals surface area contributed by atoms with E-state index in [0.29, 0.717) is 55.5 Å². The Morgan fingerprint density at radius 3 is 0.921 bits per heavy atom. The molecule has 0 atom stereocenters. The molecule has 0 aliphatic carbocycles. The third kappa shape index (κ3) is 9.16. The van der Waals surface area contributed by atoms with Crippen molar-refractivity contribution in [3.8, 4) is 57.4 Å². The highest BCUT2D eigenvalue weighted by atomic mass is 19.4. The van der Waals surface area contributed by atoms with Crippen LogP contribution in [0.3, 0.4) is 0 Å². The summed E-state index contributed by atoms with van der Waals surface area (Å²) in [5.74, 6) is -25.1. The minimum absolute atomic E-state index is 0.0432. The van der Waals surface area contributed by atoms with E-state index in [2.05, 4.69) is 0 Å². The van der Waals surface area contributed by atoms with Gasteiger partial charge in [0, 0.05) is 5.56 Å². The summed E-state index contributed by atoms with van der Waals surface area (Å²) in [7, 11) is 1.14. The van der Waals surface area contributed by atoms with Crippen LogP contribution in [0.5, 0.6) is 40.2 Å². The minimum atomic E-state index is -6.29. The van der Waals surface area contributed by atoms with Crippen molar-refractivity contribution in [3.63, 3.8) is 0 Å². The first-order valence-electron chi connectivity index (χ1n) is 20.9. The van der Waals surface area contributed by atoms with Crippen LogP contribution in [-0.4, -0.2) is 31.8 Å². The first-order chi connectivity index (χ1) is 35.4. The normalized spacial score (nSPS) is 12.6. The second-order valence-electron chi connectivity index (χ2n) is 16.1. The number of benzene rings is 7. The van der Waals surface area contributed by atoms with E-state index in [1.54, 1.807) is 6.07 Å². The van der Waals surface area contributed by atoms with Crippen LogP contribution in [-0.2, 0) is 10.8 Å².